The zero-order valence-electron chi connectivity index (χ0n) is 7.21. The van der Waals surface area contributed by atoms with E-state index in [1.165, 1.54) is 11.0 Å². The van der Waals surface area contributed by atoms with Gasteiger partial charge in [-0.25, -0.2) is 4.98 Å². The van der Waals surface area contributed by atoms with E-state index < -0.39 is 0 Å². The number of carbonyl (C=O) groups excluding carboxylic acids is 1. The lowest BCUT2D eigenvalue weighted by atomic mass is 10.3. The lowest BCUT2D eigenvalue weighted by molar-refractivity contribution is 0.0822. The van der Waals surface area contributed by atoms with Gasteiger partial charge >= 0.3 is 0 Å². The number of rotatable bonds is 1. The summed E-state index contributed by atoms with van der Waals surface area (Å²) in [5.74, 6) is -0.257. The average molecular weight is 219 g/mol. The molecule has 0 saturated carbocycles. The molecule has 1 heterocycles. The Hall–Kier alpha value is -0.800. The molecule has 1 aromatic rings. The van der Waals surface area contributed by atoms with Crippen LogP contribution in [0, 0.1) is 0 Å². The van der Waals surface area contributed by atoms with Gasteiger partial charge in [0, 0.05) is 14.1 Å². The van der Waals surface area contributed by atoms with Crippen molar-refractivity contribution in [2.75, 3.05) is 14.1 Å². The van der Waals surface area contributed by atoms with Crippen LogP contribution < -0.4 is 0 Å². The minimum atomic E-state index is -0.257. The number of hydrogen-bond acceptors (Lipinski definition) is 2. The van der Waals surface area contributed by atoms with E-state index in [1.54, 1.807) is 20.2 Å². The maximum Gasteiger partial charge on any atom is 0.273 e. The standard InChI is InChI=1S/C8H8Cl2N2O/c1-12(2)8(13)7-5(9)3-4-6(10)11-7/h3-4H,1-2H3. The molecule has 0 atom stereocenters. The second-order valence-corrected chi connectivity index (χ2v) is 3.46. The third kappa shape index (κ3) is 2.32. The Bertz CT molecular complexity index is 339. The fourth-order valence-electron chi connectivity index (χ4n) is 0.780. The van der Waals surface area contributed by atoms with Gasteiger partial charge in [-0.3, -0.25) is 4.79 Å². The smallest absolute Gasteiger partial charge is 0.273 e. The summed E-state index contributed by atoms with van der Waals surface area (Å²) >= 11 is 11.4. The van der Waals surface area contributed by atoms with E-state index in [0.717, 1.165) is 0 Å². The first-order valence-corrected chi connectivity index (χ1v) is 4.31. The van der Waals surface area contributed by atoms with Crippen molar-refractivity contribution in [2.45, 2.75) is 0 Å². The van der Waals surface area contributed by atoms with E-state index in [9.17, 15) is 4.79 Å². The van der Waals surface area contributed by atoms with E-state index in [-0.39, 0.29) is 16.8 Å². The van der Waals surface area contributed by atoms with Crippen molar-refractivity contribution in [1.29, 1.82) is 0 Å². The van der Waals surface area contributed by atoms with Crippen molar-refractivity contribution in [1.82, 2.24) is 9.88 Å². The highest BCUT2D eigenvalue weighted by Crippen LogP contribution is 2.17. The Morgan fingerprint density at radius 1 is 1.38 bits per heavy atom. The van der Waals surface area contributed by atoms with Crippen LogP contribution in [0.2, 0.25) is 10.2 Å². The van der Waals surface area contributed by atoms with Crippen LogP contribution in [-0.2, 0) is 0 Å². The molecule has 0 saturated heterocycles. The molecule has 0 N–H and O–H groups in total. The van der Waals surface area contributed by atoms with Crippen LogP contribution in [-0.4, -0.2) is 29.9 Å². The van der Waals surface area contributed by atoms with Gasteiger partial charge in [0.1, 0.15) is 10.8 Å². The fourth-order valence-corrected chi connectivity index (χ4v) is 1.11. The molecule has 0 radical (unpaired) electrons. The number of aromatic nitrogens is 1. The van der Waals surface area contributed by atoms with E-state index in [4.69, 9.17) is 23.2 Å². The van der Waals surface area contributed by atoms with Crippen LogP contribution in [0.25, 0.3) is 0 Å². The Kier molecular flexibility index (Phi) is 3.12. The summed E-state index contributed by atoms with van der Waals surface area (Å²) in [4.78, 5) is 16.7. The van der Waals surface area contributed by atoms with Gasteiger partial charge in [-0.05, 0) is 12.1 Å². The van der Waals surface area contributed by atoms with Crippen LogP contribution in [0.15, 0.2) is 12.1 Å². The maximum atomic E-state index is 11.4. The van der Waals surface area contributed by atoms with Gasteiger partial charge in [-0.2, -0.15) is 0 Å². The summed E-state index contributed by atoms with van der Waals surface area (Å²) in [6, 6.07) is 3.09. The van der Waals surface area contributed by atoms with Crippen molar-refractivity contribution in [2.24, 2.45) is 0 Å². The molecule has 0 bridgehead atoms. The highest BCUT2D eigenvalue weighted by molar-refractivity contribution is 6.34. The third-order valence-corrected chi connectivity index (χ3v) is 1.94. The van der Waals surface area contributed by atoms with Crippen LogP contribution in [0.3, 0.4) is 0 Å². The van der Waals surface area contributed by atoms with E-state index in [0.29, 0.717) is 5.02 Å². The highest BCUT2D eigenvalue weighted by Gasteiger charge is 2.14. The minimum absolute atomic E-state index is 0.180. The normalized spacial score (nSPS) is 9.85. The summed E-state index contributed by atoms with van der Waals surface area (Å²) < 4.78 is 0. The van der Waals surface area contributed by atoms with Gasteiger partial charge in [-0.1, -0.05) is 23.2 Å². The van der Waals surface area contributed by atoms with Crippen molar-refractivity contribution in [3.8, 4) is 0 Å². The summed E-state index contributed by atoms with van der Waals surface area (Å²) in [6.45, 7) is 0. The van der Waals surface area contributed by atoms with E-state index >= 15 is 0 Å². The zero-order valence-corrected chi connectivity index (χ0v) is 8.73. The van der Waals surface area contributed by atoms with Gasteiger partial charge in [0.2, 0.25) is 0 Å². The summed E-state index contributed by atoms with van der Waals surface area (Å²) in [5.41, 5.74) is 0.180. The monoisotopic (exact) mass is 218 g/mol. The average Bonchev–Trinajstić information content (AvgIpc) is 2.08. The molecular weight excluding hydrogens is 211 g/mol. The third-order valence-electron chi connectivity index (χ3n) is 1.42. The van der Waals surface area contributed by atoms with Crippen LogP contribution in [0.4, 0.5) is 0 Å². The number of amides is 1. The Morgan fingerprint density at radius 3 is 2.54 bits per heavy atom. The van der Waals surface area contributed by atoms with Crippen molar-refractivity contribution < 1.29 is 4.79 Å². The van der Waals surface area contributed by atoms with Crippen molar-refractivity contribution >= 4 is 29.1 Å². The molecule has 1 rings (SSSR count). The predicted octanol–water partition coefficient (Wildman–Crippen LogP) is 2.09. The minimum Gasteiger partial charge on any atom is -0.343 e. The van der Waals surface area contributed by atoms with Crippen LogP contribution in [0.1, 0.15) is 10.5 Å². The molecule has 0 aliphatic rings. The molecule has 70 valence electrons. The van der Waals surface area contributed by atoms with Crippen LogP contribution >= 0.6 is 23.2 Å². The van der Waals surface area contributed by atoms with Crippen molar-refractivity contribution in [3.63, 3.8) is 0 Å². The molecule has 5 heteroatoms. The highest BCUT2D eigenvalue weighted by atomic mass is 35.5. The summed E-state index contributed by atoms with van der Waals surface area (Å²) in [5, 5.41) is 0.567. The molecule has 0 aliphatic heterocycles. The fraction of sp³-hybridized carbons (Fsp3) is 0.250. The molecule has 13 heavy (non-hydrogen) atoms. The largest absolute Gasteiger partial charge is 0.343 e. The van der Waals surface area contributed by atoms with Crippen LogP contribution in [0.5, 0.6) is 0 Å². The number of nitrogens with zero attached hydrogens (tertiary/aromatic N) is 2. The van der Waals surface area contributed by atoms with Gasteiger partial charge in [0.15, 0.2) is 0 Å². The quantitative estimate of drug-likeness (QED) is 0.677. The van der Waals surface area contributed by atoms with Crippen molar-refractivity contribution in [3.05, 3.63) is 28.0 Å². The molecule has 1 aromatic heterocycles. The Balaban J connectivity index is 3.13. The molecule has 1 amide bonds. The lowest BCUT2D eigenvalue weighted by Crippen LogP contribution is -2.23. The SMILES string of the molecule is CN(C)C(=O)c1nc(Cl)ccc1Cl. The predicted molar refractivity (Wildman–Crippen MR) is 52.3 cm³/mol. The first-order chi connectivity index (χ1) is 6.02. The number of halogens is 2. The molecule has 3 nitrogen and oxygen atoms in total. The first kappa shape index (κ1) is 10.3. The topological polar surface area (TPSA) is 33.2 Å². The summed E-state index contributed by atoms with van der Waals surface area (Å²) in [7, 11) is 3.25. The maximum absolute atomic E-state index is 11.4. The molecule has 0 fully saturated rings. The lowest BCUT2D eigenvalue weighted by Gasteiger charge is -2.10. The number of pyridine rings is 1. The Morgan fingerprint density at radius 2 is 2.00 bits per heavy atom. The molecule has 0 aliphatic carbocycles. The molecule has 0 aromatic carbocycles. The molecule has 0 spiro atoms. The van der Waals surface area contributed by atoms with E-state index in [2.05, 4.69) is 4.98 Å². The molecular formula is C8H8Cl2N2O. The summed E-state index contributed by atoms with van der Waals surface area (Å²) in [6.07, 6.45) is 0. The van der Waals surface area contributed by atoms with Gasteiger partial charge < -0.3 is 4.90 Å². The first-order valence-electron chi connectivity index (χ1n) is 3.56. The molecule has 0 unspecified atom stereocenters. The van der Waals surface area contributed by atoms with E-state index in [1.807, 2.05) is 0 Å². The number of hydrogen-bond donors (Lipinski definition) is 0. The Labute approximate surface area is 86.3 Å². The second-order valence-electron chi connectivity index (χ2n) is 2.66. The van der Waals surface area contributed by atoms with Gasteiger partial charge in [0.25, 0.3) is 5.91 Å². The van der Waals surface area contributed by atoms with Gasteiger partial charge in [0.05, 0.1) is 5.02 Å². The van der Waals surface area contributed by atoms with Gasteiger partial charge in [-0.15, -0.1) is 0 Å². The number of carbonyl (C=O) groups is 1. The second kappa shape index (κ2) is 3.94. The zero-order chi connectivity index (χ0) is 10.0.